The molecule has 72 valence electrons. The maximum Gasteiger partial charge on any atom is 0.131 e. The van der Waals surface area contributed by atoms with E-state index >= 15 is 0 Å². The summed E-state index contributed by atoms with van der Waals surface area (Å²) in [5.41, 5.74) is 5.46. The zero-order valence-electron chi connectivity index (χ0n) is 7.57. The van der Waals surface area contributed by atoms with Gasteiger partial charge in [0.05, 0.1) is 12.6 Å². The maximum atomic E-state index is 8.92. The summed E-state index contributed by atoms with van der Waals surface area (Å²) in [5.74, 6) is 1.07. The summed E-state index contributed by atoms with van der Waals surface area (Å²) in [6.45, 7) is 2.07. The minimum absolute atomic E-state index is 0.0225. The third-order valence-corrected chi connectivity index (χ3v) is 1.75. The maximum absolute atomic E-state index is 8.92. The first-order valence-electron chi connectivity index (χ1n) is 4.21. The van der Waals surface area contributed by atoms with Gasteiger partial charge in [0.25, 0.3) is 0 Å². The van der Waals surface area contributed by atoms with Crippen molar-refractivity contribution in [2.75, 3.05) is 17.7 Å². The van der Waals surface area contributed by atoms with E-state index in [1.54, 1.807) is 6.07 Å². The number of nitrogen functional groups attached to an aromatic ring is 1. The molecule has 1 aromatic rings. The zero-order valence-corrected chi connectivity index (χ0v) is 7.57. The molecule has 1 aromatic heterocycles. The first-order valence-corrected chi connectivity index (χ1v) is 4.21. The second-order valence-corrected chi connectivity index (χ2v) is 2.76. The van der Waals surface area contributed by atoms with Gasteiger partial charge in [0.15, 0.2) is 0 Å². The van der Waals surface area contributed by atoms with Crippen molar-refractivity contribution in [1.82, 2.24) is 9.97 Å². The van der Waals surface area contributed by atoms with Gasteiger partial charge in [-0.3, -0.25) is 0 Å². The summed E-state index contributed by atoms with van der Waals surface area (Å²) in [6.07, 6.45) is 2.22. The van der Waals surface area contributed by atoms with Crippen LogP contribution in [0.3, 0.4) is 0 Å². The van der Waals surface area contributed by atoms with E-state index in [0.29, 0.717) is 11.6 Å². The molecule has 5 heteroatoms. The minimum atomic E-state index is 0.0225. The van der Waals surface area contributed by atoms with Crippen LogP contribution in [0.1, 0.15) is 13.3 Å². The van der Waals surface area contributed by atoms with Crippen LogP contribution in [0.5, 0.6) is 0 Å². The number of aliphatic hydroxyl groups excluding tert-OH is 1. The first kappa shape index (κ1) is 9.73. The van der Waals surface area contributed by atoms with Crippen molar-refractivity contribution >= 4 is 11.6 Å². The number of aromatic nitrogens is 2. The van der Waals surface area contributed by atoms with Crippen molar-refractivity contribution in [3.8, 4) is 0 Å². The number of nitrogens with zero attached hydrogens (tertiary/aromatic N) is 2. The van der Waals surface area contributed by atoms with Gasteiger partial charge < -0.3 is 16.2 Å². The highest BCUT2D eigenvalue weighted by Gasteiger charge is 2.04. The van der Waals surface area contributed by atoms with E-state index < -0.39 is 0 Å². The topological polar surface area (TPSA) is 84.1 Å². The van der Waals surface area contributed by atoms with Crippen molar-refractivity contribution in [2.24, 2.45) is 0 Å². The second kappa shape index (κ2) is 4.61. The number of hydrogen-bond donors (Lipinski definition) is 3. The first-order chi connectivity index (χ1) is 6.26. The molecule has 4 N–H and O–H groups in total. The molecule has 0 radical (unpaired) electrons. The Hall–Kier alpha value is -1.36. The lowest BCUT2D eigenvalue weighted by Gasteiger charge is -2.14. The van der Waals surface area contributed by atoms with Gasteiger partial charge in [-0.15, -0.1) is 0 Å². The summed E-state index contributed by atoms with van der Waals surface area (Å²) in [4.78, 5) is 7.72. The molecule has 5 nitrogen and oxygen atoms in total. The zero-order chi connectivity index (χ0) is 9.68. The fourth-order valence-corrected chi connectivity index (χ4v) is 0.937. The van der Waals surface area contributed by atoms with Gasteiger partial charge in [0.1, 0.15) is 18.0 Å². The van der Waals surface area contributed by atoms with Crippen molar-refractivity contribution in [3.63, 3.8) is 0 Å². The fraction of sp³-hybridized carbons (Fsp3) is 0.500. The average molecular weight is 182 g/mol. The Morgan fingerprint density at radius 2 is 2.38 bits per heavy atom. The highest BCUT2D eigenvalue weighted by molar-refractivity contribution is 5.43. The Morgan fingerprint density at radius 3 is 2.92 bits per heavy atom. The van der Waals surface area contributed by atoms with Gasteiger partial charge in [-0.25, -0.2) is 9.97 Å². The summed E-state index contributed by atoms with van der Waals surface area (Å²) in [6, 6.07) is 1.66. The van der Waals surface area contributed by atoms with Crippen LogP contribution < -0.4 is 11.1 Å². The lowest BCUT2D eigenvalue weighted by atomic mass is 10.2. The number of nitrogens with one attached hydrogen (secondary N) is 1. The SMILES string of the molecule is CCC(CO)Nc1cc(N)ncn1. The molecular weight excluding hydrogens is 168 g/mol. The predicted molar refractivity (Wildman–Crippen MR) is 51.2 cm³/mol. The molecule has 1 rings (SSSR count). The third kappa shape index (κ3) is 2.87. The Bertz CT molecular complexity index is 262. The molecule has 0 amide bonds. The molecule has 1 unspecified atom stereocenters. The average Bonchev–Trinajstić information content (AvgIpc) is 2.14. The van der Waals surface area contributed by atoms with Crippen molar-refractivity contribution in [2.45, 2.75) is 19.4 Å². The second-order valence-electron chi connectivity index (χ2n) is 2.76. The van der Waals surface area contributed by atoms with Gasteiger partial charge in [-0.2, -0.15) is 0 Å². The number of hydrogen-bond acceptors (Lipinski definition) is 5. The predicted octanol–water partition coefficient (Wildman–Crippen LogP) is 0.242. The molecule has 0 aliphatic carbocycles. The van der Waals surface area contributed by atoms with Crippen molar-refractivity contribution in [1.29, 1.82) is 0 Å². The Labute approximate surface area is 77.0 Å². The van der Waals surface area contributed by atoms with Crippen LogP contribution in [0.25, 0.3) is 0 Å². The van der Waals surface area contributed by atoms with Crippen LogP contribution in [0.4, 0.5) is 11.6 Å². The van der Waals surface area contributed by atoms with Crippen molar-refractivity contribution < 1.29 is 5.11 Å². The number of anilines is 2. The Kier molecular flexibility index (Phi) is 3.45. The van der Waals surface area contributed by atoms with Crippen LogP contribution in [0.15, 0.2) is 12.4 Å². The quantitative estimate of drug-likeness (QED) is 0.621. The molecule has 0 aliphatic heterocycles. The van der Waals surface area contributed by atoms with Gasteiger partial charge in [-0.05, 0) is 6.42 Å². The monoisotopic (exact) mass is 182 g/mol. The van der Waals surface area contributed by atoms with E-state index in [2.05, 4.69) is 15.3 Å². The lowest BCUT2D eigenvalue weighted by Crippen LogP contribution is -2.23. The molecule has 0 aliphatic rings. The molecule has 0 bridgehead atoms. The molecular formula is C8H14N4O. The largest absolute Gasteiger partial charge is 0.394 e. The van der Waals surface area contributed by atoms with Crippen molar-refractivity contribution in [3.05, 3.63) is 12.4 Å². The number of aliphatic hydroxyl groups is 1. The molecule has 0 saturated carbocycles. The van der Waals surface area contributed by atoms with E-state index in [4.69, 9.17) is 10.8 Å². The normalized spacial score (nSPS) is 12.5. The Balaban J connectivity index is 2.62. The molecule has 0 saturated heterocycles. The summed E-state index contributed by atoms with van der Waals surface area (Å²) in [7, 11) is 0. The molecule has 1 heterocycles. The lowest BCUT2D eigenvalue weighted by molar-refractivity contribution is 0.271. The van der Waals surface area contributed by atoms with Crippen LogP contribution in [0.2, 0.25) is 0 Å². The standard InChI is InChI=1S/C8H14N4O/c1-2-6(4-13)12-8-3-7(9)10-5-11-8/h3,5-6,13H,2,4H2,1H3,(H3,9,10,11,12). The number of rotatable bonds is 4. The molecule has 0 fully saturated rings. The van der Waals surface area contributed by atoms with Crippen LogP contribution in [-0.4, -0.2) is 27.7 Å². The number of nitrogens with two attached hydrogens (primary N) is 1. The highest BCUT2D eigenvalue weighted by Crippen LogP contribution is 2.07. The van der Waals surface area contributed by atoms with Crippen LogP contribution >= 0.6 is 0 Å². The Morgan fingerprint density at radius 1 is 1.62 bits per heavy atom. The van der Waals surface area contributed by atoms with E-state index in [1.807, 2.05) is 6.92 Å². The van der Waals surface area contributed by atoms with E-state index in [-0.39, 0.29) is 12.6 Å². The molecule has 0 aromatic carbocycles. The van der Waals surface area contributed by atoms with E-state index in [0.717, 1.165) is 6.42 Å². The van der Waals surface area contributed by atoms with E-state index in [9.17, 15) is 0 Å². The molecule has 13 heavy (non-hydrogen) atoms. The minimum Gasteiger partial charge on any atom is -0.394 e. The smallest absolute Gasteiger partial charge is 0.131 e. The third-order valence-electron chi connectivity index (χ3n) is 1.75. The summed E-state index contributed by atoms with van der Waals surface area (Å²) < 4.78 is 0. The molecule has 0 spiro atoms. The summed E-state index contributed by atoms with van der Waals surface area (Å²) >= 11 is 0. The van der Waals surface area contributed by atoms with Gasteiger partial charge in [-0.1, -0.05) is 6.92 Å². The van der Waals surface area contributed by atoms with Gasteiger partial charge >= 0.3 is 0 Å². The van der Waals surface area contributed by atoms with Crippen LogP contribution in [-0.2, 0) is 0 Å². The van der Waals surface area contributed by atoms with E-state index in [1.165, 1.54) is 6.33 Å². The van der Waals surface area contributed by atoms with Gasteiger partial charge in [0.2, 0.25) is 0 Å². The highest BCUT2D eigenvalue weighted by atomic mass is 16.3. The fourth-order valence-electron chi connectivity index (χ4n) is 0.937. The van der Waals surface area contributed by atoms with Gasteiger partial charge in [0, 0.05) is 6.07 Å². The summed E-state index contributed by atoms with van der Waals surface area (Å²) in [5, 5.41) is 12.0. The molecule has 1 atom stereocenters. The van der Waals surface area contributed by atoms with Crippen LogP contribution in [0, 0.1) is 0 Å².